The minimum absolute atomic E-state index is 0.307. The second-order valence-corrected chi connectivity index (χ2v) is 7.58. The van der Waals surface area contributed by atoms with Gasteiger partial charge in [0.15, 0.2) is 0 Å². The molecule has 2 rings (SSSR count). The molecule has 1 aromatic rings. The van der Waals surface area contributed by atoms with Gasteiger partial charge in [-0.05, 0) is 75.4 Å². The second kappa shape index (κ2) is 7.92. The Hall–Kier alpha value is 0.1000. The number of hydrogen-bond donors (Lipinski definition) is 1. The molecule has 1 unspecified atom stereocenters. The average molecular weight is 404 g/mol. The number of nitrogens with two attached hydrogens (primary N) is 1. The SMILES string of the molecule is CN(CC1CCCCC1)C(CN)c1ccc(Br)c(Br)c1. The number of likely N-dealkylation sites (N-methyl/N-ethyl adjacent to an activating group) is 1. The molecule has 0 spiro atoms. The molecule has 0 bridgehead atoms. The summed E-state index contributed by atoms with van der Waals surface area (Å²) in [6.07, 6.45) is 6.97. The van der Waals surface area contributed by atoms with Gasteiger partial charge in [0.05, 0.1) is 0 Å². The molecule has 1 aliphatic rings. The van der Waals surface area contributed by atoms with Crippen LogP contribution in [0.5, 0.6) is 0 Å². The van der Waals surface area contributed by atoms with Crippen LogP contribution in [0.25, 0.3) is 0 Å². The highest BCUT2D eigenvalue weighted by molar-refractivity contribution is 9.13. The zero-order valence-corrected chi connectivity index (χ0v) is 15.3. The van der Waals surface area contributed by atoms with Crippen molar-refractivity contribution in [3.05, 3.63) is 32.7 Å². The zero-order valence-electron chi connectivity index (χ0n) is 12.1. The Labute approximate surface area is 139 Å². The molecule has 1 atom stereocenters. The molecule has 2 N–H and O–H groups in total. The van der Waals surface area contributed by atoms with Crippen molar-refractivity contribution in [3.63, 3.8) is 0 Å². The lowest BCUT2D eigenvalue weighted by molar-refractivity contribution is 0.185. The first kappa shape index (κ1) is 16.5. The van der Waals surface area contributed by atoms with Crippen LogP contribution in [-0.4, -0.2) is 25.0 Å². The van der Waals surface area contributed by atoms with Gasteiger partial charge in [0, 0.05) is 28.1 Å². The molecule has 112 valence electrons. The van der Waals surface area contributed by atoms with E-state index in [-0.39, 0.29) is 0 Å². The third kappa shape index (κ3) is 4.30. The lowest BCUT2D eigenvalue weighted by atomic mass is 9.88. The standard InChI is InChI=1S/C16H24Br2N2/c1-20(11-12-5-3-2-4-6-12)16(10-19)13-7-8-14(17)15(18)9-13/h7-9,12,16H,2-6,10-11,19H2,1H3. The van der Waals surface area contributed by atoms with E-state index in [1.54, 1.807) is 0 Å². The number of hydrogen-bond acceptors (Lipinski definition) is 2. The van der Waals surface area contributed by atoms with Crippen LogP contribution in [-0.2, 0) is 0 Å². The number of rotatable bonds is 5. The van der Waals surface area contributed by atoms with Crippen LogP contribution in [0.3, 0.4) is 0 Å². The maximum absolute atomic E-state index is 6.03. The number of nitrogens with zero attached hydrogens (tertiary/aromatic N) is 1. The highest BCUT2D eigenvalue weighted by atomic mass is 79.9. The second-order valence-electron chi connectivity index (χ2n) is 5.87. The Balaban J connectivity index is 2.03. The third-order valence-electron chi connectivity index (χ3n) is 4.35. The Morgan fingerprint density at radius 3 is 2.50 bits per heavy atom. The summed E-state index contributed by atoms with van der Waals surface area (Å²) in [5.41, 5.74) is 7.32. The first-order chi connectivity index (χ1) is 9.61. The van der Waals surface area contributed by atoms with Gasteiger partial charge < -0.3 is 5.73 Å². The minimum atomic E-state index is 0.307. The fourth-order valence-corrected chi connectivity index (χ4v) is 3.84. The lowest BCUT2D eigenvalue weighted by Crippen LogP contribution is -2.34. The maximum atomic E-state index is 6.03. The van der Waals surface area contributed by atoms with Gasteiger partial charge >= 0.3 is 0 Å². The quantitative estimate of drug-likeness (QED) is 0.770. The third-order valence-corrected chi connectivity index (χ3v) is 6.23. The summed E-state index contributed by atoms with van der Waals surface area (Å²) >= 11 is 7.11. The molecule has 1 aromatic carbocycles. The van der Waals surface area contributed by atoms with E-state index in [0.717, 1.165) is 21.4 Å². The van der Waals surface area contributed by atoms with Gasteiger partial charge in [-0.3, -0.25) is 4.90 Å². The number of halogens is 2. The summed E-state index contributed by atoms with van der Waals surface area (Å²) in [4.78, 5) is 2.44. The maximum Gasteiger partial charge on any atom is 0.0467 e. The molecule has 0 aliphatic heterocycles. The van der Waals surface area contributed by atoms with Crippen LogP contribution in [0.4, 0.5) is 0 Å². The predicted octanol–water partition coefficient (Wildman–Crippen LogP) is 4.72. The van der Waals surface area contributed by atoms with Crippen LogP contribution < -0.4 is 5.73 Å². The summed E-state index contributed by atoms with van der Waals surface area (Å²) in [5, 5.41) is 0. The first-order valence-corrected chi connectivity index (χ1v) is 9.05. The van der Waals surface area contributed by atoms with Crippen LogP contribution in [0, 0.1) is 5.92 Å². The summed E-state index contributed by atoms with van der Waals surface area (Å²) in [7, 11) is 2.21. The molecular weight excluding hydrogens is 380 g/mol. The summed E-state index contributed by atoms with van der Waals surface area (Å²) in [6, 6.07) is 6.75. The Kier molecular flexibility index (Phi) is 6.53. The summed E-state index contributed by atoms with van der Waals surface area (Å²) < 4.78 is 2.19. The largest absolute Gasteiger partial charge is 0.329 e. The Morgan fingerprint density at radius 1 is 1.20 bits per heavy atom. The lowest BCUT2D eigenvalue weighted by Gasteiger charge is -2.32. The molecule has 1 fully saturated rings. The highest BCUT2D eigenvalue weighted by Crippen LogP contribution is 2.30. The van der Waals surface area contributed by atoms with E-state index < -0.39 is 0 Å². The van der Waals surface area contributed by atoms with E-state index in [4.69, 9.17) is 5.73 Å². The van der Waals surface area contributed by atoms with Gasteiger partial charge in [0.25, 0.3) is 0 Å². The van der Waals surface area contributed by atoms with Crippen molar-refractivity contribution >= 4 is 31.9 Å². The van der Waals surface area contributed by atoms with E-state index in [1.165, 1.54) is 37.7 Å². The normalized spacial score (nSPS) is 18.4. The molecule has 2 nitrogen and oxygen atoms in total. The van der Waals surface area contributed by atoms with Gasteiger partial charge in [-0.1, -0.05) is 25.3 Å². The van der Waals surface area contributed by atoms with Crippen LogP contribution in [0.1, 0.15) is 43.7 Å². The van der Waals surface area contributed by atoms with Crippen molar-refractivity contribution in [3.8, 4) is 0 Å². The fraction of sp³-hybridized carbons (Fsp3) is 0.625. The molecular formula is C16H24Br2N2. The van der Waals surface area contributed by atoms with E-state index in [9.17, 15) is 0 Å². The van der Waals surface area contributed by atoms with E-state index in [1.807, 2.05) is 0 Å². The van der Waals surface area contributed by atoms with Gasteiger partial charge in [-0.15, -0.1) is 0 Å². The van der Waals surface area contributed by atoms with Crippen LogP contribution in [0.2, 0.25) is 0 Å². The van der Waals surface area contributed by atoms with Crippen molar-refractivity contribution in [2.45, 2.75) is 38.1 Å². The zero-order chi connectivity index (χ0) is 14.5. The summed E-state index contributed by atoms with van der Waals surface area (Å²) in [5.74, 6) is 0.849. The number of benzene rings is 1. The molecule has 0 heterocycles. The predicted molar refractivity (Wildman–Crippen MR) is 92.8 cm³/mol. The minimum Gasteiger partial charge on any atom is -0.329 e. The molecule has 20 heavy (non-hydrogen) atoms. The van der Waals surface area contributed by atoms with Gasteiger partial charge in [-0.25, -0.2) is 0 Å². The van der Waals surface area contributed by atoms with Crippen LogP contribution in [0.15, 0.2) is 27.1 Å². The molecule has 1 saturated carbocycles. The smallest absolute Gasteiger partial charge is 0.0467 e. The van der Waals surface area contributed by atoms with Crippen molar-refractivity contribution in [1.29, 1.82) is 0 Å². The monoisotopic (exact) mass is 402 g/mol. The Bertz CT molecular complexity index is 430. The molecule has 0 radical (unpaired) electrons. The van der Waals surface area contributed by atoms with E-state index >= 15 is 0 Å². The molecule has 0 aromatic heterocycles. The fourth-order valence-electron chi connectivity index (χ4n) is 3.19. The van der Waals surface area contributed by atoms with Crippen molar-refractivity contribution in [2.75, 3.05) is 20.1 Å². The van der Waals surface area contributed by atoms with Gasteiger partial charge in [0.1, 0.15) is 0 Å². The Morgan fingerprint density at radius 2 is 1.90 bits per heavy atom. The molecule has 0 amide bonds. The summed E-state index contributed by atoms with van der Waals surface area (Å²) in [6.45, 7) is 1.83. The topological polar surface area (TPSA) is 29.3 Å². The molecule has 4 heteroatoms. The van der Waals surface area contributed by atoms with Gasteiger partial charge in [-0.2, -0.15) is 0 Å². The molecule has 0 saturated heterocycles. The van der Waals surface area contributed by atoms with Crippen LogP contribution >= 0.6 is 31.9 Å². The van der Waals surface area contributed by atoms with Crippen molar-refractivity contribution < 1.29 is 0 Å². The van der Waals surface area contributed by atoms with Gasteiger partial charge in [0.2, 0.25) is 0 Å². The average Bonchev–Trinajstić information content (AvgIpc) is 2.44. The highest BCUT2D eigenvalue weighted by Gasteiger charge is 2.21. The van der Waals surface area contributed by atoms with Crippen molar-refractivity contribution in [1.82, 2.24) is 4.90 Å². The van der Waals surface area contributed by atoms with E-state index in [2.05, 4.69) is 62.0 Å². The first-order valence-electron chi connectivity index (χ1n) is 7.47. The van der Waals surface area contributed by atoms with E-state index in [0.29, 0.717) is 12.6 Å². The molecule has 1 aliphatic carbocycles. The van der Waals surface area contributed by atoms with Crippen molar-refractivity contribution in [2.24, 2.45) is 11.7 Å².